The van der Waals surface area contributed by atoms with E-state index in [1.165, 1.54) is 11.8 Å². The molecule has 0 fully saturated rings. The van der Waals surface area contributed by atoms with Gasteiger partial charge in [0.05, 0.1) is 0 Å². The SMILES string of the molecule is N[C@@H](CSc1nnc(CCCO)n1-c1ccccc1)C(=O)O. The van der Waals surface area contributed by atoms with Gasteiger partial charge in [-0.15, -0.1) is 10.2 Å². The number of hydrogen-bond donors (Lipinski definition) is 3. The largest absolute Gasteiger partial charge is 0.480 e. The van der Waals surface area contributed by atoms with Crippen molar-refractivity contribution in [3.05, 3.63) is 36.2 Å². The van der Waals surface area contributed by atoms with Crippen molar-refractivity contribution in [2.45, 2.75) is 24.0 Å². The number of hydrogen-bond acceptors (Lipinski definition) is 6. The van der Waals surface area contributed by atoms with E-state index < -0.39 is 12.0 Å². The number of aliphatic hydroxyl groups is 1. The van der Waals surface area contributed by atoms with E-state index in [0.717, 1.165) is 11.5 Å². The third-order valence-electron chi connectivity index (χ3n) is 2.98. The minimum atomic E-state index is -1.04. The Labute approximate surface area is 132 Å². The van der Waals surface area contributed by atoms with E-state index in [1.807, 2.05) is 34.9 Å². The fraction of sp³-hybridized carbons (Fsp3) is 0.357. The maximum absolute atomic E-state index is 10.8. The second kappa shape index (κ2) is 7.92. The van der Waals surface area contributed by atoms with Crippen LogP contribution in [0.1, 0.15) is 12.2 Å². The summed E-state index contributed by atoms with van der Waals surface area (Å²) in [6, 6.07) is 8.62. The summed E-state index contributed by atoms with van der Waals surface area (Å²) < 4.78 is 1.87. The standard InChI is InChI=1S/C14H18N4O3S/c15-11(13(20)21)9-22-14-17-16-12(7-4-8-19)18(14)10-5-2-1-3-6-10/h1-3,5-6,11,19H,4,7-9,15H2,(H,20,21)/t11-/m0/s1. The van der Waals surface area contributed by atoms with Gasteiger partial charge in [-0.2, -0.15) is 0 Å². The Hall–Kier alpha value is -1.90. The van der Waals surface area contributed by atoms with Crippen molar-refractivity contribution in [1.82, 2.24) is 14.8 Å². The zero-order valence-electron chi connectivity index (χ0n) is 11.9. The predicted octanol–water partition coefficient (Wildman–Crippen LogP) is 0.696. The fourth-order valence-corrected chi connectivity index (χ4v) is 2.77. The molecule has 2 rings (SSSR count). The Morgan fingerprint density at radius 3 is 2.68 bits per heavy atom. The van der Waals surface area contributed by atoms with E-state index in [0.29, 0.717) is 18.0 Å². The predicted molar refractivity (Wildman–Crippen MR) is 83.1 cm³/mol. The number of benzene rings is 1. The van der Waals surface area contributed by atoms with E-state index in [9.17, 15) is 4.79 Å². The van der Waals surface area contributed by atoms with Crippen LogP contribution < -0.4 is 5.73 Å². The zero-order chi connectivity index (χ0) is 15.9. The number of aliphatic carboxylic acids is 1. The van der Waals surface area contributed by atoms with Crippen molar-refractivity contribution in [2.24, 2.45) is 5.73 Å². The smallest absolute Gasteiger partial charge is 0.321 e. The number of nitrogens with two attached hydrogens (primary N) is 1. The number of carboxylic acid groups (broad SMARTS) is 1. The summed E-state index contributed by atoms with van der Waals surface area (Å²) in [5.41, 5.74) is 6.42. The van der Waals surface area contributed by atoms with Gasteiger partial charge in [0.25, 0.3) is 0 Å². The van der Waals surface area contributed by atoms with Crippen molar-refractivity contribution in [3.63, 3.8) is 0 Å². The van der Waals surface area contributed by atoms with Crippen LogP contribution in [0, 0.1) is 0 Å². The molecule has 0 amide bonds. The average molecular weight is 322 g/mol. The molecule has 1 heterocycles. The van der Waals surface area contributed by atoms with E-state index in [1.54, 1.807) is 0 Å². The first-order chi connectivity index (χ1) is 10.6. The summed E-state index contributed by atoms with van der Waals surface area (Å²) in [6.45, 7) is 0.0774. The first kappa shape index (κ1) is 16.5. The molecule has 1 aromatic heterocycles. The normalized spacial score (nSPS) is 12.3. The van der Waals surface area contributed by atoms with Crippen LogP contribution in [0.15, 0.2) is 35.5 Å². The van der Waals surface area contributed by atoms with Crippen LogP contribution in [0.2, 0.25) is 0 Å². The van der Waals surface area contributed by atoms with Crippen molar-refractivity contribution >= 4 is 17.7 Å². The highest BCUT2D eigenvalue weighted by Crippen LogP contribution is 2.23. The summed E-state index contributed by atoms with van der Waals surface area (Å²) in [5, 5.41) is 26.7. The number of nitrogens with zero attached hydrogens (tertiary/aromatic N) is 3. The molecule has 0 aliphatic rings. The van der Waals surface area contributed by atoms with Gasteiger partial charge in [-0.05, 0) is 18.6 Å². The van der Waals surface area contributed by atoms with Crippen LogP contribution in [-0.2, 0) is 11.2 Å². The number of para-hydroxylation sites is 1. The molecule has 0 spiro atoms. The van der Waals surface area contributed by atoms with Crippen LogP contribution in [0.3, 0.4) is 0 Å². The number of carboxylic acids is 1. The van der Waals surface area contributed by atoms with Crippen LogP contribution >= 0.6 is 11.8 Å². The van der Waals surface area contributed by atoms with E-state index in [2.05, 4.69) is 10.2 Å². The van der Waals surface area contributed by atoms with Gasteiger partial charge < -0.3 is 15.9 Å². The highest BCUT2D eigenvalue weighted by Gasteiger charge is 2.17. The molecule has 1 aromatic carbocycles. The number of aryl methyl sites for hydroxylation is 1. The number of aliphatic hydroxyl groups excluding tert-OH is 1. The zero-order valence-corrected chi connectivity index (χ0v) is 12.7. The molecule has 22 heavy (non-hydrogen) atoms. The molecule has 0 aliphatic carbocycles. The lowest BCUT2D eigenvalue weighted by atomic mass is 10.3. The number of thioether (sulfide) groups is 1. The molecule has 118 valence electrons. The first-order valence-electron chi connectivity index (χ1n) is 6.85. The number of carbonyl (C=O) groups is 1. The molecule has 0 saturated carbocycles. The fourth-order valence-electron chi connectivity index (χ4n) is 1.86. The van der Waals surface area contributed by atoms with Gasteiger partial charge in [0.2, 0.25) is 0 Å². The van der Waals surface area contributed by atoms with Gasteiger partial charge in [0.15, 0.2) is 5.16 Å². The van der Waals surface area contributed by atoms with Crippen molar-refractivity contribution < 1.29 is 15.0 Å². The molecule has 0 saturated heterocycles. The summed E-state index contributed by atoms with van der Waals surface area (Å²) in [7, 11) is 0. The molecule has 8 heteroatoms. The van der Waals surface area contributed by atoms with E-state index >= 15 is 0 Å². The minimum absolute atomic E-state index is 0.0774. The summed E-state index contributed by atoms with van der Waals surface area (Å²) >= 11 is 1.25. The molecular weight excluding hydrogens is 304 g/mol. The molecule has 0 unspecified atom stereocenters. The van der Waals surface area contributed by atoms with Crippen LogP contribution in [0.4, 0.5) is 0 Å². The molecule has 0 radical (unpaired) electrons. The minimum Gasteiger partial charge on any atom is -0.480 e. The Morgan fingerprint density at radius 1 is 1.32 bits per heavy atom. The molecule has 1 atom stereocenters. The topological polar surface area (TPSA) is 114 Å². The van der Waals surface area contributed by atoms with Crippen LogP contribution in [0.25, 0.3) is 5.69 Å². The lowest BCUT2D eigenvalue weighted by molar-refractivity contribution is -0.137. The van der Waals surface area contributed by atoms with Gasteiger partial charge >= 0.3 is 5.97 Å². The second-order valence-corrected chi connectivity index (χ2v) is 5.64. The lowest BCUT2D eigenvalue weighted by Gasteiger charge is -2.10. The Kier molecular flexibility index (Phi) is 5.93. The highest BCUT2D eigenvalue weighted by molar-refractivity contribution is 7.99. The van der Waals surface area contributed by atoms with Gasteiger partial charge in [-0.25, -0.2) is 0 Å². The molecule has 2 aromatic rings. The summed E-state index contributed by atoms with van der Waals surface area (Å²) in [6.07, 6.45) is 1.17. The summed E-state index contributed by atoms with van der Waals surface area (Å²) in [5.74, 6) is -0.106. The van der Waals surface area contributed by atoms with Gasteiger partial charge in [-0.1, -0.05) is 30.0 Å². The maximum atomic E-state index is 10.8. The van der Waals surface area contributed by atoms with Gasteiger partial charge in [0, 0.05) is 24.5 Å². The Morgan fingerprint density at radius 2 is 2.05 bits per heavy atom. The number of aromatic nitrogens is 3. The quantitative estimate of drug-likeness (QED) is 0.613. The van der Waals surface area contributed by atoms with Crippen LogP contribution in [-0.4, -0.2) is 49.3 Å². The second-order valence-electron chi connectivity index (χ2n) is 4.65. The highest BCUT2D eigenvalue weighted by atomic mass is 32.2. The Balaban J connectivity index is 2.25. The van der Waals surface area contributed by atoms with E-state index in [-0.39, 0.29) is 12.4 Å². The molecule has 4 N–H and O–H groups in total. The summed E-state index contributed by atoms with van der Waals surface area (Å²) in [4.78, 5) is 10.8. The van der Waals surface area contributed by atoms with Crippen LogP contribution in [0.5, 0.6) is 0 Å². The average Bonchev–Trinajstić information content (AvgIpc) is 2.94. The van der Waals surface area contributed by atoms with Crippen molar-refractivity contribution in [3.8, 4) is 5.69 Å². The third kappa shape index (κ3) is 4.06. The van der Waals surface area contributed by atoms with Crippen molar-refractivity contribution in [1.29, 1.82) is 0 Å². The number of rotatable bonds is 8. The van der Waals surface area contributed by atoms with Gasteiger partial charge in [0.1, 0.15) is 11.9 Å². The first-order valence-corrected chi connectivity index (χ1v) is 7.83. The lowest BCUT2D eigenvalue weighted by Crippen LogP contribution is -2.32. The molecule has 0 aliphatic heterocycles. The third-order valence-corrected chi connectivity index (χ3v) is 4.03. The van der Waals surface area contributed by atoms with Gasteiger partial charge in [-0.3, -0.25) is 9.36 Å². The monoisotopic (exact) mass is 322 g/mol. The molecule has 7 nitrogen and oxygen atoms in total. The maximum Gasteiger partial charge on any atom is 0.321 e. The van der Waals surface area contributed by atoms with Crippen molar-refractivity contribution in [2.75, 3.05) is 12.4 Å². The molecule has 0 bridgehead atoms. The van der Waals surface area contributed by atoms with E-state index in [4.69, 9.17) is 15.9 Å². The Bertz CT molecular complexity index is 618. The molecular formula is C14H18N4O3S.